The summed E-state index contributed by atoms with van der Waals surface area (Å²) in [4.78, 5) is 18.2. The number of thiazole rings is 1. The van der Waals surface area contributed by atoms with Gasteiger partial charge in [-0.1, -0.05) is 30.3 Å². The standard InChI is InChI=1S/C27H27FN2O3S2/c1-2-32-26(31)17-21-12-14-25(35-21)23-18-34-27(30-23)29-20-11-13-24(22(28)16-20)33-15-7-6-10-19-8-4-3-5-9-19/h3-5,8-9,11-14,16,18H,2,6-7,10,15,17H2,1H3,(H,29,30). The van der Waals surface area contributed by atoms with E-state index in [1.807, 2.05) is 35.7 Å². The average molecular weight is 511 g/mol. The second kappa shape index (κ2) is 12.5. The fourth-order valence-electron chi connectivity index (χ4n) is 3.49. The van der Waals surface area contributed by atoms with E-state index >= 15 is 0 Å². The van der Waals surface area contributed by atoms with Crippen LogP contribution in [0.4, 0.5) is 15.2 Å². The quantitative estimate of drug-likeness (QED) is 0.161. The summed E-state index contributed by atoms with van der Waals surface area (Å²) in [5.74, 6) is -0.386. The third kappa shape index (κ3) is 7.37. The van der Waals surface area contributed by atoms with Crippen LogP contribution in [0.25, 0.3) is 10.6 Å². The van der Waals surface area contributed by atoms with Crippen molar-refractivity contribution in [3.63, 3.8) is 0 Å². The zero-order valence-corrected chi connectivity index (χ0v) is 21.1. The molecule has 8 heteroatoms. The first-order chi connectivity index (χ1) is 17.1. The van der Waals surface area contributed by atoms with Crippen LogP contribution in [0.1, 0.15) is 30.2 Å². The molecule has 0 unspecified atom stereocenters. The van der Waals surface area contributed by atoms with Crippen molar-refractivity contribution in [2.45, 2.75) is 32.6 Å². The first kappa shape index (κ1) is 24.9. The maximum atomic E-state index is 14.5. The van der Waals surface area contributed by atoms with Crippen molar-refractivity contribution in [3.8, 4) is 16.3 Å². The van der Waals surface area contributed by atoms with E-state index in [1.54, 1.807) is 19.1 Å². The first-order valence-corrected chi connectivity index (χ1v) is 13.2. The highest BCUT2D eigenvalue weighted by Crippen LogP contribution is 2.33. The Hall–Kier alpha value is -3.23. The minimum atomic E-state index is -0.406. The van der Waals surface area contributed by atoms with Crippen molar-refractivity contribution < 1.29 is 18.7 Å². The Morgan fingerprint density at radius 3 is 2.74 bits per heavy atom. The van der Waals surface area contributed by atoms with Crippen molar-refractivity contribution in [2.75, 3.05) is 18.5 Å². The van der Waals surface area contributed by atoms with Gasteiger partial charge in [0.05, 0.1) is 30.2 Å². The molecule has 35 heavy (non-hydrogen) atoms. The SMILES string of the molecule is CCOC(=O)Cc1ccc(-c2csc(Nc3ccc(OCCCCc4ccccc4)c(F)c3)n2)s1. The molecule has 2 heterocycles. The largest absolute Gasteiger partial charge is 0.491 e. The van der Waals surface area contributed by atoms with Crippen LogP contribution in [0.2, 0.25) is 0 Å². The van der Waals surface area contributed by atoms with Gasteiger partial charge in [0.2, 0.25) is 0 Å². The Kier molecular flexibility index (Phi) is 8.86. The van der Waals surface area contributed by atoms with Crippen molar-refractivity contribution >= 4 is 39.5 Å². The van der Waals surface area contributed by atoms with Crippen molar-refractivity contribution in [1.29, 1.82) is 0 Å². The molecule has 2 aromatic carbocycles. The maximum Gasteiger partial charge on any atom is 0.311 e. The minimum Gasteiger partial charge on any atom is -0.491 e. The zero-order chi connectivity index (χ0) is 24.5. The zero-order valence-electron chi connectivity index (χ0n) is 19.5. The summed E-state index contributed by atoms with van der Waals surface area (Å²) in [5.41, 5.74) is 2.72. The number of rotatable bonds is 12. The molecule has 0 saturated heterocycles. The molecule has 4 aromatic rings. The lowest BCUT2D eigenvalue weighted by atomic mass is 10.1. The van der Waals surface area contributed by atoms with Crippen LogP contribution in [0, 0.1) is 5.82 Å². The monoisotopic (exact) mass is 510 g/mol. The lowest BCUT2D eigenvalue weighted by molar-refractivity contribution is -0.142. The number of nitrogens with one attached hydrogen (secondary N) is 1. The summed E-state index contributed by atoms with van der Waals surface area (Å²) in [7, 11) is 0. The van der Waals surface area contributed by atoms with Gasteiger partial charge in [-0.05, 0) is 56.0 Å². The fraction of sp³-hybridized carbons (Fsp3) is 0.259. The summed E-state index contributed by atoms with van der Waals surface area (Å²) >= 11 is 2.95. The topological polar surface area (TPSA) is 60.5 Å². The molecule has 4 rings (SSSR count). The number of carbonyl (C=O) groups excluding carboxylic acids is 1. The molecule has 1 N–H and O–H groups in total. The Balaban J connectivity index is 1.26. The summed E-state index contributed by atoms with van der Waals surface area (Å²) in [6.45, 7) is 2.65. The van der Waals surface area contributed by atoms with E-state index in [-0.39, 0.29) is 18.1 Å². The highest BCUT2D eigenvalue weighted by atomic mass is 32.1. The highest BCUT2D eigenvalue weighted by molar-refractivity contribution is 7.17. The molecule has 0 atom stereocenters. The van der Waals surface area contributed by atoms with E-state index in [4.69, 9.17) is 9.47 Å². The first-order valence-electron chi connectivity index (χ1n) is 11.5. The van der Waals surface area contributed by atoms with E-state index < -0.39 is 5.82 Å². The maximum absolute atomic E-state index is 14.5. The molecular formula is C27H27FN2O3S2. The van der Waals surface area contributed by atoms with Crippen LogP contribution in [-0.4, -0.2) is 24.2 Å². The van der Waals surface area contributed by atoms with E-state index in [0.717, 1.165) is 34.7 Å². The third-order valence-corrected chi connectivity index (χ3v) is 7.05. The van der Waals surface area contributed by atoms with Crippen LogP contribution >= 0.6 is 22.7 Å². The van der Waals surface area contributed by atoms with Crippen molar-refractivity contribution in [1.82, 2.24) is 4.98 Å². The fourth-order valence-corrected chi connectivity index (χ4v) is 5.25. The van der Waals surface area contributed by atoms with E-state index in [0.29, 0.717) is 24.0 Å². The second-order valence-corrected chi connectivity index (χ2v) is 9.87. The molecule has 0 bridgehead atoms. The second-order valence-electron chi connectivity index (χ2n) is 7.85. The molecule has 0 amide bonds. The Morgan fingerprint density at radius 2 is 1.94 bits per heavy atom. The van der Waals surface area contributed by atoms with E-state index in [1.165, 1.54) is 34.3 Å². The van der Waals surface area contributed by atoms with Gasteiger partial charge < -0.3 is 14.8 Å². The number of unbranched alkanes of at least 4 members (excludes halogenated alkanes) is 1. The van der Waals surface area contributed by atoms with Gasteiger partial charge >= 0.3 is 5.97 Å². The highest BCUT2D eigenvalue weighted by Gasteiger charge is 2.12. The minimum absolute atomic E-state index is 0.233. The van der Waals surface area contributed by atoms with Crippen LogP contribution in [0.15, 0.2) is 66.0 Å². The van der Waals surface area contributed by atoms with Crippen LogP contribution < -0.4 is 10.1 Å². The Labute approximate surface area is 212 Å². The number of esters is 1. The number of ether oxygens (including phenoxy) is 2. The van der Waals surface area contributed by atoms with Gasteiger partial charge in [0.25, 0.3) is 0 Å². The number of anilines is 2. The molecular weight excluding hydrogens is 483 g/mol. The van der Waals surface area contributed by atoms with Crippen LogP contribution in [-0.2, 0) is 22.4 Å². The number of thiophene rings is 1. The molecule has 0 aliphatic rings. The Morgan fingerprint density at radius 1 is 1.09 bits per heavy atom. The number of hydrogen-bond donors (Lipinski definition) is 1. The van der Waals surface area contributed by atoms with E-state index in [2.05, 4.69) is 22.4 Å². The van der Waals surface area contributed by atoms with Gasteiger partial charge in [-0.15, -0.1) is 22.7 Å². The summed E-state index contributed by atoms with van der Waals surface area (Å²) in [6, 6.07) is 19.0. The van der Waals surface area contributed by atoms with E-state index in [9.17, 15) is 9.18 Å². The molecule has 0 aliphatic carbocycles. The third-order valence-electron chi connectivity index (χ3n) is 5.19. The van der Waals surface area contributed by atoms with Gasteiger partial charge in [0, 0.05) is 22.0 Å². The van der Waals surface area contributed by atoms with Gasteiger partial charge in [-0.3, -0.25) is 4.79 Å². The van der Waals surface area contributed by atoms with Gasteiger partial charge in [-0.25, -0.2) is 9.37 Å². The number of aryl methyl sites for hydroxylation is 1. The van der Waals surface area contributed by atoms with Crippen molar-refractivity contribution in [2.24, 2.45) is 0 Å². The lowest BCUT2D eigenvalue weighted by Crippen LogP contribution is -2.05. The number of nitrogens with zero attached hydrogens (tertiary/aromatic N) is 1. The molecule has 0 saturated carbocycles. The van der Waals surface area contributed by atoms with Gasteiger partial charge in [0.1, 0.15) is 0 Å². The number of carbonyl (C=O) groups is 1. The smallest absolute Gasteiger partial charge is 0.311 e. The normalized spacial score (nSPS) is 10.8. The average Bonchev–Trinajstić information content (AvgIpc) is 3.50. The predicted octanol–water partition coefficient (Wildman–Crippen LogP) is 7.26. The van der Waals surface area contributed by atoms with Gasteiger partial charge in [-0.2, -0.15) is 0 Å². The number of aromatic nitrogens is 1. The number of halogens is 1. The molecule has 0 fully saturated rings. The summed E-state index contributed by atoms with van der Waals surface area (Å²) in [6.07, 6.45) is 3.10. The Bertz CT molecular complexity index is 1240. The predicted molar refractivity (Wildman–Crippen MR) is 140 cm³/mol. The summed E-state index contributed by atoms with van der Waals surface area (Å²) < 4.78 is 25.2. The van der Waals surface area contributed by atoms with Crippen molar-refractivity contribution in [3.05, 3.63) is 82.3 Å². The molecule has 0 radical (unpaired) electrons. The molecule has 182 valence electrons. The molecule has 5 nitrogen and oxygen atoms in total. The molecule has 0 spiro atoms. The van der Waals surface area contributed by atoms with Crippen LogP contribution in [0.5, 0.6) is 5.75 Å². The summed E-state index contributed by atoms with van der Waals surface area (Å²) in [5, 5.41) is 5.75. The number of benzene rings is 2. The number of hydrogen-bond acceptors (Lipinski definition) is 7. The van der Waals surface area contributed by atoms with Gasteiger partial charge in [0.15, 0.2) is 16.7 Å². The molecule has 2 aromatic heterocycles. The lowest BCUT2D eigenvalue weighted by Gasteiger charge is -2.09. The van der Waals surface area contributed by atoms with Crippen LogP contribution in [0.3, 0.4) is 0 Å². The molecule has 0 aliphatic heterocycles.